The van der Waals surface area contributed by atoms with Crippen LogP contribution in [0.1, 0.15) is 32.6 Å². The molecule has 0 aromatic rings. The Kier molecular flexibility index (Phi) is 4.73. The van der Waals surface area contributed by atoms with Gasteiger partial charge in [0.1, 0.15) is 17.8 Å². The number of rotatable bonds is 6. The summed E-state index contributed by atoms with van der Waals surface area (Å²) in [6, 6.07) is -0.706. The smallest absolute Gasteiger partial charge is 0.156 e. The van der Waals surface area contributed by atoms with Gasteiger partial charge in [0, 0.05) is 12.8 Å². The lowest BCUT2D eigenvalue weighted by molar-refractivity contribution is -0.711. The summed E-state index contributed by atoms with van der Waals surface area (Å²) in [6.45, 7) is 1.99. The Morgan fingerprint density at radius 3 is 2.69 bits per heavy atom. The van der Waals surface area contributed by atoms with E-state index in [0.29, 0.717) is 12.8 Å². The summed E-state index contributed by atoms with van der Waals surface area (Å²) < 4.78 is 22.4. The maximum Gasteiger partial charge on any atom is 0.156 e. The van der Waals surface area contributed by atoms with E-state index in [-0.39, 0.29) is 17.5 Å². The van der Waals surface area contributed by atoms with Crippen LogP contribution in [0, 0.1) is 0 Å². The van der Waals surface area contributed by atoms with Crippen molar-refractivity contribution in [2.24, 2.45) is 0 Å². The largest absolute Gasteiger partial charge is 0.544 e. The molecule has 0 radical (unpaired) electrons. The number of unbranched alkanes of at least 4 members (excludes halogenated alkanes) is 1. The van der Waals surface area contributed by atoms with Crippen molar-refractivity contribution in [3.05, 3.63) is 0 Å². The standard InChI is InChI=1S/C10H19NO4S/c1-2-3-4-9(10(12)13)11-8-5-6-16(14,15)7-8/h8-9,11H,2-7H2,1H3,(H,12,13)/t8-,9-/m0/s1. The van der Waals surface area contributed by atoms with Gasteiger partial charge in [-0.15, -0.1) is 0 Å². The molecule has 1 fully saturated rings. The van der Waals surface area contributed by atoms with Gasteiger partial charge < -0.3 is 15.2 Å². The predicted octanol–water partition coefficient (Wildman–Crippen LogP) is -1.95. The zero-order valence-electron chi connectivity index (χ0n) is 9.52. The number of nitrogens with two attached hydrogens (primary N) is 1. The number of carboxylic acids is 1. The number of hydrogen-bond acceptors (Lipinski definition) is 4. The van der Waals surface area contributed by atoms with Crippen LogP contribution in [0.5, 0.6) is 0 Å². The molecule has 94 valence electrons. The van der Waals surface area contributed by atoms with E-state index >= 15 is 0 Å². The predicted molar refractivity (Wildman–Crippen MR) is 57.3 cm³/mol. The van der Waals surface area contributed by atoms with E-state index in [2.05, 4.69) is 0 Å². The molecule has 0 spiro atoms. The monoisotopic (exact) mass is 249 g/mol. The zero-order valence-corrected chi connectivity index (χ0v) is 10.3. The average Bonchev–Trinajstić information content (AvgIpc) is 2.52. The van der Waals surface area contributed by atoms with Gasteiger partial charge in [-0.3, -0.25) is 0 Å². The van der Waals surface area contributed by atoms with Gasteiger partial charge >= 0.3 is 0 Å². The second-order valence-electron chi connectivity index (χ2n) is 4.42. The molecule has 2 atom stereocenters. The number of hydrogen-bond donors (Lipinski definition) is 1. The van der Waals surface area contributed by atoms with Gasteiger partial charge in [0.05, 0.1) is 11.7 Å². The van der Waals surface area contributed by atoms with E-state index in [1.54, 1.807) is 5.32 Å². The molecule has 1 rings (SSSR count). The molecule has 1 aliphatic heterocycles. The number of aliphatic carboxylic acids is 1. The van der Waals surface area contributed by atoms with Crippen molar-refractivity contribution in [3.8, 4) is 0 Å². The summed E-state index contributed by atoms with van der Waals surface area (Å²) in [5.74, 6) is -0.803. The topological polar surface area (TPSA) is 90.9 Å². The first-order chi connectivity index (χ1) is 7.44. The van der Waals surface area contributed by atoms with Gasteiger partial charge in [-0.05, 0) is 6.42 Å². The van der Waals surface area contributed by atoms with Crippen LogP contribution in [-0.4, -0.2) is 38.0 Å². The number of carbonyl (C=O) groups is 1. The summed E-state index contributed by atoms with van der Waals surface area (Å²) in [5.41, 5.74) is 0. The van der Waals surface area contributed by atoms with Gasteiger partial charge in [0.2, 0.25) is 0 Å². The molecule has 16 heavy (non-hydrogen) atoms. The summed E-state index contributed by atoms with van der Waals surface area (Å²) in [7, 11) is -2.93. The zero-order chi connectivity index (χ0) is 12.2. The van der Waals surface area contributed by atoms with Crippen LogP contribution >= 0.6 is 0 Å². The fourth-order valence-corrected chi connectivity index (χ4v) is 3.78. The molecule has 5 nitrogen and oxygen atoms in total. The molecule has 0 unspecified atom stereocenters. The second kappa shape index (κ2) is 5.63. The van der Waals surface area contributed by atoms with E-state index in [1.807, 2.05) is 6.92 Å². The molecule has 0 saturated carbocycles. The van der Waals surface area contributed by atoms with Crippen LogP contribution in [0.15, 0.2) is 0 Å². The molecule has 0 aromatic carbocycles. The Balaban J connectivity index is 2.46. The van der Waals surface area contributed by atoms with Gasteiger partial charge in [0.25, 0.3) is 0 Å². The van der Waals surface area contributed by atoms with Crippen molar-refractivity contribution in [2.45, 2.75) is 44.7 Å². The van der Waals surface area contributed by atoms with E-state index in [4.69, 9.17) is 0 Å². The maximum absolute atomic E-state index is 11.2. The van der Waals surface area contributed by atoms with E-state index in [0.717, 1.165) is 12.8 Å². The molecular weight excluding hydrogens is 230 g/mol. The number of carboxylic acid groups (broad SMARTS) is 1. The third-order valence-electron chi connectivity index (χ3n) is 2.94. The highest BCUT2D eigenvalue weighted by atomic mass is 32.2. The fourth-order valence-electron chi connectivity index (χ4n) is 2.02. The molecule has 2 N–H and O–H groups in total. The van der Waals surface area contributed by atoms with E-state index in [1.165, 1.54) is 0 Å². The maximum atomic E-state index is 11.2. The molecule has 0 bridgehead atoms. The van der Waals surface area contributed by atoms with Gasteiger partial charge in [-0.1, -0.05) is 13.3 Å². The minimum Gasteiger partial charge on any atom is -0.544 e. The number of sulfone groups is 1. The fraction of sp³-hybridized carbons (Fsp3) is 0.900. The third kappa shape index (κ3) is 4.09. The van der Waals surface area contributed by atoms with Crippen LogP contribution in [0.3, 0.4) is 0 Å². The van der Waals surface area contributed by atoms with Crippen LogP contribution in [-0.2, 0) is 14.6 Å². The highest BCUT2D eigenvalue weighted by Gasteiger charge is 2.32. The quantitative estimate of drug-likeness (QED) is 0.592. The van der Waals surface area contributed by atoms with Gasteiger partial charge in [0.15, 0.2) is 9.84 Å². The van der Waals surface area contributed by atoms with Crippen molar-refractivity contribution in [3.63, 3.8) is 0 Å². The van der Waals surface area contributed by atoms with Crippen molar-refractivity contribution in [1.29, 1.82) is 0 Å². The number of carbonyl (C=O) groups excluding carboxylic acids is 1. The van der Waals surface area contributed by atoms with Crippen LogP contribution < -0.4 is 10.4 Å². The molecule has 0 aliphatic carbocycles. The minimum atomic E-state index is -2.93. The molecule has 0 amide bonds. The van der Waals surface area contributed by atoms with Gasteiger partial charge in [-0.25, -0.2) is 8.42 Å². The summed E-state index contributed by atoms with van der Waals surface area (Å²) >= 11 is 0. The van der Waals surface area contributed by atoms with Crippen molar-refractivity contribution >= 4 is 15.8 Å². The lowest BCUT2D eigenvalue weighted by atomic mass is 10.1. The first-order valence-electron chi connectivity index (χ1n) is 5.71. The number of quaternary nitrogens is 1. The molecule has 0 aromatic heterocycles. The molecule has 1 saturated heterocycles. The van der Waals surface area contributed by atoms with E-state index in [9.17, 15) is 18.3 Å². The van der Waals surface area contributed by atoms with Crippen LogP contribution in [0.4, 0.5) is 0 Å². The highest BCUT2D eigenvalue weighted by molar-refractivity contribution is 7.91. The highest BCUT2D eigenvalue weighted by Crippen LogP contribution is 2.08. The third-order valence-corrected chi connectivity index (χ3v) is 4.74. The summed E-state index contributed by atoms with van der Waals surface area (Å²) in [5, 5.41) is 12.5. The first-order valence-corrected chi connectivity index (χ1v) is 7.53. The SMILES string of the molecule is CCCC[C@H]([NH2+][C@H]1CCS(=O)(=O)C1)C(=O)[O-]. The van der Waals surface area contributed by atoms with Crippen molar-refractivity contribution < 1.29 is 23.6 Å². The summed E-state index contributed by atoms with van der Waals surface area (Å²) in [6.07, 6.45) is 2.86. The van der Waals surface area contributed by atoms with Crippen LogP contribution in [0.25, 0.3) is 0 Å². The lowest BCUT2D eigenvalue weighted by Crippen LogP contribution is -2.97. The molecular formula is C10H19NO4S. The summed E-state index contributed by atoms with van der Waals surface area (Å²) in [4.78, 5) is 10.9. The normalized spacial score (nSPS) is 25.4. The van der Waals surface area contributed by atoms with E-state index < -0.39 is 21.8 Å². The molecule has 6 heteroatoms. The molecule has 1 heterocycles. The Labute approximate surface area is 96.1 Å². The Bertz CT molecular complexity index is 339. The van der Waals surface area contributed by atoms with Crippen molar-refractivity contribution in [1.82, 2.24) is 0 Å². The van der Waals surface area contributed by atoms with Crippen LogP contribution in [0.2, 0.25) is 0 Å². The molecule has 1 aliphatic rings. The Morgan fingerprint density at radius 1 is 1.56 bits per heavy atom. The average molecular weight is 249 g/mol. The van der Waals surface area contributed by atoms with Crippen molar-refractivity contribution in [2.75, 3.05) is 11.5 Å². The lowest BCUT2D eigenvalue weighted by Gasteiger charge is -2.19. The Hall–Kier alpha value is -0.620. The second-order valence-corrected chi connectivity index (χ2v) is 6.65. The van der Waals surface area contributed by atoms with Gasteiger partial charge in [-0.2, -0.15) is 0 Å². The minimum absolute atomic E-state index is 0.100. The Morgan fingerprint density at radius 2 is 2.25 bits per heavy atom. The first kappa shape index (κ1) is 13.4.